The molecule has 0 bridgehead atoms. The summed E-state index contributed by atoms with van der Waals surface area (Å²) in [7, 11) is 0. The van der Waals surface area contributed by atoms with E-state index in [1.54, 1.807) is 6.92 Å². The van der Waals surface area contributed by atoms with Crippen LogP contribution >= 0.6 is 0 Å². The van der Waals surface area contributed by atoms with Gasteiger partial charge in [0.1, 0.15) is 0 Å². The minimum atomic E-state index is -0.792. The number of carbonyl (C=O) groups is 1. The van der Waals surface area contributed by atoms with Gasteiger partial charge in [-0.05, 0) is 36.8 Å². The summed E-state index contributed by atoms with van der Waals surface area (Å²) in [4.78, 5) is 11.3. The average molecular weight is 244 g/mol. The highest BCUT2D eigenvalue weighted by Gasteiger charge is 2.23. The highest BCUT2D eigenvalue weighted by Crippen LogP contribution is 2.37. The van der Waals surface area contributed by atoms with Crippen LogP contribution in [-0.2, 0) is 4.79 Å². The molecule has 2 nitrogen and oxygen atoms in total. The van der Waals surface area contributed by atoms with Gasteiger partial charge in [-0.2, -0.15) is 0 Å². The molecule has 1 N–H and O–H groups in total. The van der Waals surface area contributed by atoms with Crippen LogP contribution in [0.5, 0.6) is 0 Å². The maximum absolute atomic E-state index is 11.3. The fourth-order valence-corrected chi connectivity index (χ4v) is 2.88. The topological polar surface area (TPSA) is 37.3 Å². The molecule has 1 aromatic rings. The Kier molecular flexibility index (Phi) is 4.19. The molecule has 18 heavy (non-hydrogen) atoms. The third-order valence-electron chi connectivity index (χ3n) is 3.82. The smallest absolute Gasteiger partial charge is 0.331 e. The van der Waals surface area contributed by atoms with Crippen molar-refractivity contribution in [2.45, 2.75) is 39.0 Å². The first-order valence-corrected chi connectivity index (χ1v) is 6.69. The standard InChI is InChI=1S/C16H20O2/c1-12(16(17)18)15(13-8-4-2-5-9-13)14-10-6-3-7-11-14/h2,4-5,8-9,14H,3,6-7,10-11H2,1H3,(H,17,18)/b15-12+. The zero-order valence-electron chi connectivity index (χ0n) is 10.9. The molecule has 1 saturated carbocycles. The van der Waals surface area contributed by atoms with Crippen molar-refractivity contribution in [3.05, 3.63) is 41.5 Å². The predicted molar refractivity (Wildman–Crippen MR) is 73.2 cm³/mol. The number of allylic oxidation sites excluding steroid dienone is 1. The lowest BCUT2D eigenvalue weighted by Gasteiger charge is -2.26. The van der Waals surface area contributed by atoms with Crippen LogP contribution in [0.25, 0.3) is 5.57 Å². The lowest BCUT2D eigenvalue weighted by Crippen LogP contribution is -2.13. The summed E-state index contributed by atoms with van der Waals surface area (Å²) in [6.45, 7) is 1.74. The van der Waals surface area contributed by atoms with Gasteiger partial charge in [-0.1, -0.05) is 49.6 Å². The Morgan fingerprint density at radius 3 is 2.28 bits per heavy atom. The number of rotatable bonds is 3. The van der Waals surface area contributed by atoms with Gasteiger partial charge in [0.2, 0.25) is 0 Å². The number of carboxylic acid groups (broad SMARTS) is 1. The molecule has 0 heterocycles. The van der Waals surface area contributed by atoms with Crippen LogP contribution in [0, 0.1) is 5.92 Å². The molecular weight excluding hydrogens is 224 g/mol. The molecule has 0 unspecified atom stereocenters. The van der Waals surface area contributed by atoms with Crippen LogP contribution < -0.4 is 0 Å². The first kappa shape index (κ1) is 12.9. The fraction of sp³-hybridized carbons (Fsp3) is 0.438. The molecule has 1 aliphatic carbocycles. The van der Waals surface area contributed by atoms with Gasteiger partial charge >= 0.3 is 5.97 Å². The van der Waals surface area contributed by atoms with E-state index in [1.807, 2.05) is 30.3 Å². The number of benzene rings is 1. The molecule has 0 atom stereocenters. The van der Waals surface area contributed by atoms with E-state index >= 15 is 0 Å². The second-order valence-corrected chi connectivity index (χ2v) is 5.04. The quantitative estimate of drug-likeness (QED) is 0.812. The largest absolute Gasteiger partial charge is 0.478 e. The Bertz CT molecular complexity index is 439. The Morgan fingerprint density at radius 2 is 1.72 bits per heavy atom. The van der Waals surface area contributed by atoms with E-state index in [9.17, 15) is 9.90 Å². The number of hydrogen-bond donors (Lipinski definition) is 1. The molecule has 0 amide bonds. The molecule has 0 spiro atoms. The summed E-state index contributed by atoms with van der Waals surface area (Å²) in [6, 6.07) is 9.98. The van der Waals surface area contributed by atoms with E-state index in [0.717, 1.165) is 24.0 Å². The van der Waals surface area contributed by atoms with Crippen LogP contribution in [0.15, 0.2) is 35.9 Å². The Hall–Kier alpha value is -1.57. The molecule has 1 aliphatic rings. The first-order valence-electron chi connectivity index (χ1n) is 6.69. The Balaban J connectivity index is 2.41. The molecule has 2 heteroatoms. The molecule has 1 fully saturated rings. The van der Waals surface area contributed by atoms with Crippen molar-refractivity contribution in [1.82, 2.24) is 0 Å². The van der Waals surface area contributed by atoms with Crippen molar-refractivity contribution in [2.24, 2.45) is 5.92 Å². The maximum Gasteiger partial charge on any atom is 0.331 e. The normalized spacial score (nSPS) is 18.3. The molecule has 0 saturated heterocycles. The lowest BCUT2D eigenvalue weighted by atomic mass is 9.79. The van der Waals surface area contributed by atoms with E-state index in [-0.39, 0.29) is 0 Å². The lowest BCUT2D eigenvalue weighted by molar-refractivity contribution is -0.132. The summed E-state index contributed by atoms with van der Waals surface area (Å²) in [5.41, 5.74) is 2.63. The maximum atomic E-state index is 11.3. The van der Waals surface area contributed by atoms with E-state index in [1.165, 1.54) is 19.3 Å². The number of hydrogen-bond acceptors (Lipinski definition) is 1. The van der Waals surface area contributed by atoms with Gasteiger partial charge in [0.05, 0.1) is 0 Å². The van der Waals surface area contributed by atoms with Crippen LogP contribution in [-0.4, -0.2) is 11.1 Å². The number of aliphatic carboxylic acids is 1. The summed E-state index contributed by atoms with van der Waals surface area (Å²) >= 11 is 0. The highest BCUT2D eigenvalue weighted by atomic mass is 16.4. The summed E-state index contributed by atoms with van der Waals surface area (Å²) in [5.74, 6) is -0.378. The Morgan fingerprint density at radius 1 is 1.11 bits per heavy atom. The van der Waals surface area contributed by atoms with Crippen LogP contribution in [0.1, 0.15) is 44.6 Å². The fourth-order valence-electron chi connectivity index (χ4n) is 2.88. The zero-order chi connectivity index (χ0) is 13.0. The molecular formula is C16H20O2. The van der Waals surface area contributed by atoms with E-state index < -0.39 is 5.97 Å². The molecule has 2 rings (SSSR count). The summed E-state index contributed by atoms with van der Waals surface area (Å²) in [6.07, 6.45) is 5.95. The van der Waals surface area contributed by atoms with E-state index in [2.05, 4.69) is 0 Å². The number of carboxylic acids is 1. The SMILES string of the molecule is C/C(C(=O)O)=C(/c1ccccc1)C1CCCCC1. The second kappa shape index (κ2) is 5.85. The van der Waals surface area contributed by atoms with Crippen LogP contribution in [0.4, 0.5) is 0 Å². The third-order valence-corrected chi connectivity index (χ3v) is 3.82. The molecule has 0 radical (unpaired) electrons. The molecule has 1 aromatic carbocycles. The highest BCUT2D eigenvalue weighted by molar-refractivity contribution is 5.96. The van der Waals surface area contributed by atoms with Crippen molar-refractivity contribution in [3.8, 4) is 0 Å². The average Bonchev–Trinajstić information content (AvgIpc) is 2.41. The summed E-state index contributed by atoms with van der Waals surface area (Å²) < 4.78 is 0. The minimum absolute atomic E-state index is 0.414. The Labute approximate surface area is 108 Å². The van der Waals surface area contributed by atoms with Crippen molar-refractivity contribution >= 4 is 11.5 Å². The van der Waals surface area contributed by atoms with Crippen molar-refractivity contribution in [3.63, 3.8) is 0 Å². The monoisotopic (exact) mass is 244 g/mol. The first-order chi connectivity index (χ1) is 8.70. The van der Waals surface area contributed by atoms with Crippen LogP contribution in [0.2, 0.25) is 0 Å². The molecule has 96 valence electrons. The van der Waals surface area contributed by atoms with Gasteiger partial charge in [0.15, 0.2) is 0 Å². The predicted octanol–water partition coefficient (Wildman–Crippen LogP) is 4.13. The van der Waals surface area contributed by atoms with Gasteiger partial charge in [-0.25, -0.2) is 4.79 Å². The third kappa shape index (κ3) is 2.81. The zero-order valence-corrected chi connectivity index (χ0v) is 10.9. The van der Waals surface area contributed by atoms with Crippen molar-refractivity contribution in [2.75, 3.05) is 0 Å². The second-order valence-electron chi connectivity index (χ2n) is 5.04. The van der Waals surface area contributed by atoms with Crippen molar-refractivity contribution in [1.29, 1.82) is 0 Å². The van der Waals surface area contributed by atoms with Gasteiger partial charge in [-0.3, -0.25) is 0 Å². The molecule has 0 aliphatic heterocycles. The van der Waals surface area contributed by atoms with Gasteiger partial charge < -0.3 is 5.11 Å². The van der Waals surface area contributed by atoms with Gasteiger partial charge in [0, 0.05) is 5.57 Å². The minimum Gasteiger partial charge on any atom is -0.478 e. The molecule has 0 aromatic heterocycles. The van der Waals surface area contributed by atoms with Crippen LogP contribution in [0.3, 0.4) is 0 Å². The van der Waals surface area contributed by atoms with E-state index in [4.69, 9.17) is 0 Å². The van der Waals surface area contributed by atoms with E-state index in [0.29, 0.717) is 11.5 Å². The summed E-state index contributed by atoms with van der Waals surface area (Å²) in [5, 5.41) is 9.29. The van der Waals surface area contributed by atoms with Gasteiger partial charge in [0.25, 0.3) is 0 Å². The van der Waals surface area contributed by atoms with Crippen molar-refractivity contribution < 1.29 is 9.90 Å². The van der Waals surface area contributed by atoms with Gasteiger partial charge in [-0.15, -0.1) is 0 Å².